The molecular weight excluding hydrogens is 671 g/mol. The lowest BCUT2D eigenvalue weighted by molar-refractivity contribution is -0.154. The Morgan fingerprint density at radius 1 is 0.442 bits per heavy atom. The average molecular weight is 761 g/mol. The highest BCUT2D eigenvalue weighted by atomic mass is 31.2. The van der Waals surface area contributed by atoms with Crippen molar-refractivity contribution in [3.05, 3.63) is 0 Å². The number of hydrogen-bond acceptors (Lipinski definition) is 5. The van der Waals surface area contributed by atoms with E-state index < -0.39 is 13.9 Å². The van der Waals surface area contributed by atoms with Crippen LogP contribution < -0.4 is 0 Å². The van der Waals surface area contributed by atoms with Gasteiger partial charge in [0.25, 0.3) is 0 Å². The van der Waals surface area contributed by atoms with E-state index in [9.17, 15) is 9.36 Å². The van der Waals surface area contributed by atoms with E-state index in [1.807, 2.05) is 0 Å². The topological polar surface area (TPSA) is 102 Å². The Labute approximate surface area is 323 Å². The maximum Gasteiger partial charge on any atom is 0.469 e. The molecule has 52 heavy (non-hydrogen) atoms. The van der Waals surface area contributed by atoms with Gasteiger partial charge in [0, 0.05) is 13.0 Å². The molecule has 0 fully saturated rings. The Morgan fingerprint density at radius 3 is 1.04 bits per heavy atom. The zero-order valence-corrected chi connectivity index (χ0v) is 35.6. The van der Waals surface area contributed by atoms with Crippen molar-refractivity contribution in [2.75, 3.05) is 19.8 Å². The predicted molar refractivity (Wildman–Crippen MR) is 221 cm³/mol. The van der Waals surface area contributed by atoms with Crippen molar-refractivity contribution in [2.24, 2.45) is 0 Å². The lowest BCUT2D eigenvalue weighted by Gasteiger charge is -2.18. The summed E-state index contributed by atoms with van der Waals surface area (Å²) in [5.74, 6) is -0.355. The summed E-state index contributed by atoms with van der Waals surface area (Å²) in [6, 6.07) is 0. The first-order valence-electron chi connectivity index (χ1n) is 22.9. The second-order valence-corrected chi connectivity index (χ2v) is 17.0. The normalized spacial score (nSPS) is 12.5. The van der Waals surface area contributed by atoms with Crippen LogP contribution in [0.5, 0.6) is 0 Å². The molecule has 7 nitrogen and oxygen atoms in total. The summed E-state index contributed by atoms with van der Waals surface area (Å²) >= 11 is 0. The summed E-state index contributed by atoms with van der Waals surface area (Å²) in [7, 11) is -4.64. The van der Waals surface area contributed by atoms with Crippen LogP contribution in [0.1, 0.15) is 251 Å². The molecule has 0 aromatic heterocycles. The summed E-state index contributed by atoms with van der Waals surface area (Å²) in [5, 5.41) is 0. The van der Waals surface area contributed by atoms with E-state index in [0.717, 1.165) is 32.1 Å². The van der Waals surface area contributed by atoms with Crippen LogP contribution in [0.15, 0.2) is 0 Å². The maximum atomic E-state index is 12.4. The zero-order valence-electron chi connectivity index (χ0n) is 34.7. The second kappa shape index (κ2) is 41.7. The molecule has 8 heteroatoms. The fourth-order valence-electron chi connectivity index (χ4n) is 7.03. The summed E-state index contributed by atoms with van der Waals surface area (Å²) < 4.78 is 27.0. The standard InChI is InChI=1S/C44H89O7P/c1-3-5-7-9-11-13-15-17-18-19-20-21-22-23-24-25-26-27-28-29-31-33-35-37-39-44(45)51-43(42-50-52(46,47)48)41-49-40-38-36-34-32-30-16-14-12-10-8-6-4-2/h43H,3-42H2,1-2H3,(H2,46,47,48)/t43-/m1/s1. The van der Waals surface area contributed by atoms with Gasteiger partial charge in [-0.05, 0) is 12.8 Å². The molecule has 0 aliphatic rings. The van der Waals surface area contributed by atoms with Gasteiger partial charge in [0.1, 0.15) is 6.10 Å². The van der Waals surface area contributed by atoms with Gasteiger partial charge in [0.2, 0.25) is 0 Å². The first-order valence-corrected chi connectivity index (χ1v) is 24.4. The van der Waals surface area contributed by atoms with Gasteiger partial charge in [-0.2, -0.15) is 0 Å². The van der Waals surface area contributed by atoms with Crippen LogP contribution in [-0.2, 0) is 23.4 Å². The summed E-state index contributed by atoms with van der Waals surface area (Å²) in [5.41, 5.74) is 0. The van der Waals surface area contributed by atoms with Crippen LogP contribution in [0.25, 0.3) is 0 Å². The van der Waals surface area contributed by atoms with E-state index in [1.165, 1.54) is 199 Å². The Morgan fingerprint density at radius 2 is 0.731 bits per heavy atom. The SMILES string of the molecule is CCCCCCCCCCCCCCCCCCCCCCCCCCC(=O)O[C@H](COCCCCCCCCCCCCCC)COP(=O)(O)O. The van der Waals surface area contributed by atoms with E-state index in [4.69, 9.17) is 19.3 Å². The van der Waals surface area contributed by atoms with E-state index in [-0.39, 0.29) is 19.2 Å². The Bertz CT molecular complexity index is 759. The largest absolute Gasteiger partial charge is 0.469 e. The van der Waals surface area contributed by atoms with Crippen molar-refractivity contribution in [1.82, 2.24) is 0 Å². The number of phosphoric ester groups is 1. The van der Waals surface area contributed by atoms with Crippen molar-refractivity contribution < 1.29 is 33.1 Å². The molecule has 0 aromatic carbocycles. The van der Waals surface area contributed by atoms with Gasteiger partial charge in [-0.1, -0.05) is 232 Å². The third-order valence-corrected chi connectivity index (χ3v) is 10.9. The number of hydrogen-bond donors (Lipinski definition) is 2. The molecule has 0 rings (SSSR count). The predicted octanol–water partition coefficient (Wildman–Crippen LogP) is 14.5. The Kier molecular flexibility index (Phi) is 41.3. The molecule has 1 atom stereocenters. The molecule has 0 radical (unpaired) electrons. The van der Waals surface area contributed by atoms with Crippen LogP contribution in [0.2, 0.25) is 0 Å². The van der Waals surface area contributed by atoms with Gasteiger partial charge >= 0.3 is 13.8 Å². The van der Waals surface area contributed by atoms with Crippen molar-refractivity contribution in [2.45, 2.75) is 258 Å². The van der Waals surface area contributed by atoms with Crippen LogP contribution in [-0.4, -0.2) is 41.7 Å². The maximum absolute atomic E-state index is 12.4. The molecule has 0 saturated carbocycles. The molecule has 0 amide bonds. The number of esters is 1. The van der Waals surface area contributed by atoms with Gasteiger partial charge < -0.3 is 19.3 Å². The lowest BCUT2D eigenvalue weighted by atomic mass is 10.0. The minimum atomic E-state index is -4.64. The molecule has 2 N–H and O–H groups in total. The smallest absolute Gasteiger partial charge is 0.457 e. The van der Waals surface area contributed by atoms with Crippen molar-refractivity contribution >= 4 is 13.8 Å². The minimum absolute atomic E-state index is 0.0865. The number of carbonyl (C=O) groups excluding carboxylic acids is 1. The molecule has 0 aromatic rings. The highest BCUT2D eigenvalue weighted by Gasteiger charge is 2.21. The number of unbranched alkanes of at least 4 members (excludes halogenated alkanes) is 34. The number of rotatable bonds is 44. The molecule has 0 bridgehead atoms. The summed E-state index contributed by atoms with van der Waals surface area (Å²) in [6.07, 6.45) is 46.9. The van der Waals surface area contributed by atoms with E-state index >= 15 is 0 Å². The average Bonchev–Trinajstić information content (AvgIpc) is 3.12. The van der Waals surface area contributed by atoms with Crippen LogP contribution in [0.4, 0.5) is 0 Å². The third kappa shape index (κ3) is 43.9. The van der Waals surface area contributed by atoms with Crippen LogP contribution in [0, 0.1) is 0 Å². The van der Waals surface area contributed by atoms with Crippen LogP contribution >= 0.6 is 7.82 Å². The summed E-state index contributed by atoms with van der Waals surface area (Å²) in [4.78, 5) is 30.6. The highest BCUT2D eigenvalue weighted by Crippen LogP contribution is 2.36. The Balaban J connectivity index is 3.64. The third-order valence-electron chi connectivity index (χ3n) is 10.4. The number of phosphoric acid groups is 1. The van der Waals surface area contributed by atoms with E-state index in [1.54, 1.807) is 0 Å². The molecule has 0 aliphatic carbocycles. The van der Waals surface area contributed by atoms with Gasteiger partial charge in [-0.3, -0.25) is 9.32 Å². The summed E-state index contributed by atoms with van der Waals surface area (Å²) in [6.45, 7) is 4.81. The molecule has 0 unspecified atom stereocenters. The fraction of sp³-hybridized carbons (Fsp3) is 0.977. The first-order chi connectivity index (χ1) is 25.4. The molecule has 0 spiro atoms. The zero-order chi connectivity index (χ0) is 38.1. The van der Waals surface area contributed by atoms with Gasteiger partial charge in [-0.15, -0.1) is 0 Å². The van der Waals surface area contributed by atoms with Crippen LogP contribution in [0.3, 0.4) is 0 Å². The minimum Gasteiger partial charge on any atom is -0.457 e. The molecule has 312 valence electrons. The van der Waals surface area contributed by atoms with Crippen molar-refractivity contribution in [1.29, 1.82) is 0 Å². The molecular formula is C44H89O7P. The number of ether oxygens (including phenoxy) is 2. The monoisotopic (exact) mass is 761 g/mol. The van der Waals surface area contributed by atoms with Gasteiger partial charge in [-0.25, -0.2) is 4.57 Å². The fourth-order valence-corrected chi connectivity index (χ4v) is 7.39. The lowest BCUT2D eigenvalue weighted by Crippen LogP contribution is -2.28. The second-order valence-electron chi connectivity index (χ2n) is 15.7. The molecule has 0 aliphatic heterocycles. The molecule has 0 heterocycles. The Hall–Kier alpha value is -0.460. The highest BCUT2D eigenvalue weighted by molar-refractivity contribution is 7.46. The van der Waals surface area contributed by atoms with Crippen molar-refractivity contribution in [3.63, 3.8) is 0 Å². The number of carbonyl (C=O) groups is 1. The molecule has 0 saturated heterocycles. The van der Waals surface area contributed by atoms with Gasteiger partial charge in [0.05, 0.1) is 13.2 Å². The van der Waals surface area contributed by atoms with Crippen molar-refractivity contribution in [3.8, 4) is 0 Å². The quantitative estimate of drug-likeness (QED) is 0.0362. The first kappa shape index (κ1) is 51.5. The van der Waals surface area contributed by atoms with E-state index in [0.29, 0.717) is 13.0 Å². The van der Waals surface area contributed by atoms with E-state index in [2.05, 4.69) is 18.4 Å². The van der Waals surface area contributed by atoms with Gasteiger partial charge in [0.15, 0.2) is 0 Å².